The number of carbonyl (C=O) groups is 1. The predicted molar refractivity (Wildman–Crippen MR) is 95.4 cm³/mol. The molecule has 4 nitrogen and oxygen atoms in total. The Morgan fingerprint density at radius 3 is 2.21 bits per heavy atom. The maximum absolute atomic E-state index is 12.1. The fraction of sp³-hybridized carbons (Fsp3) is 0.350. The number of para-hydroxylation sites is 1. The number of carbonyl (C=O) groups excluding carboxylic acids is 1. The van der Waals surface area contributed by atoms with E-state index in [1.165, 1.54) is 0 Å². The van der Waals surface area contributed by atoms with Gasteiger partial charge in [-0.1, -0.05) is 39.0 Å². The molecule has 128 valence electrons. The molecule has 0 bridgehead atoms. The fourth-order valence-corrected chi connectivity index (χ4v) is 2.16. The van der Waals surface area contributed by atoms with Gasteiger partial charge in [-0.15, -0.1) is 0 Å². The van der Waals surface area contributed by atoms with Gasteiger partial charge in [0.2, 0.25) is 0 Å². The molecule has 0 fully saturated rings. The Kier molecular flexibility index (Phi) is 5.99. The monoisotopic (exact) mass is 327 g/mol. The van der Waals surface area contributed by atoms with E-state index in [-0.39, 0.29) is 11.3 Å². The SMILES string of the molecule is CC(C)(C)C(O)CCNC(=O)c1ccc(Oc2ccccc2)cc1. The van der Waals surface area contributed by atoms with Crippen molar-refractivity contribution < 1.29 is 14.6 Å². The number of benzene rings is 2. The van der Waals surface area contributed by atoms with Crippen molar-refractivity contribution in [1.29, 1.82) is 0 Å². The van der Waals surface area contributed by atoms with Gasteiger partial charge in [-0.3, -0.25) is 4.79 Å². The molecule has 4 heteroatoms. The van der Waals surface area contributed by atoms with E-state index in [2.05, 4.69) is 5.32 Å². The fourth-order valence-electron chi connectivity index (χ4n) is 2.16. The Bertz CT molecular complexity index is 645. The third-order valence-electron chi connectivity index (χ3n) is 3.80. The standard InChI is InChI=1S/C20H25NO3/c1-20(2,3)18(22)13-14-21-19(23)15-9-11-17(12-10-15)24-16-7-5-4-6-8-16/h4-12,18,22H,13-14H2,1-3H3,(H,21,23). The summed E-state index contributed by atoms with van der Waals surface area (Å²) < 4.78 is 5.70. The van der Waals surface area contributed by atoms with Gasteiger partial charge in [0.1, 0.15) is 11.5 Å². The molecular formula is C20H25NO3. The summed E-state index contributed by atoms with van der Waals surface area (Å²) in [6, 6.07) is 16.5. The second-order valence-corrected chi connectivity index (χ2v) is 6.87. The number of rotatable bonds is 6. The van der Waals surface area contributed by atoms with E-state index >= 15 is 0 Å². The van der Waals surface area contributed by atoms with Crippen molar-refractivity contribution in [2.45, 2.75) is 33.3 Å². The molecule has 2 rings (SSSR count). The van der Waals surface area contributed by atoms with E-state index in [0.29, 0.717) is 24.3 Å². The Balaban J connectivity index is 1.85. The van der Waals surface area contributed by atoms with Gasteiger partial charge >= 0.3 is 0 Å². The van der Waals surface area contributed by atoms with E-state index in [9.17, 15) is 9.90 Å². The molecular weight excluding hydrogens is 302 g/mol. The molecule has 0 aromatic heterocycles. The highest BCUT2D eigenvalue weighted by atomic mass is 16.5. The minimum absolute atomic E-state index is 0.151. The van der Waals surface area contributed by atoms with Crippen LogP contribution in [0.25, 0.3) is 0 Å². The molecule has 0 saturated heterocycles. The van der Waals surface area contributed by atoms with Gasteiger partial charge in [-0.2, -0.15) is 0 Å². The van der Waals surface area contributed by atoms with Crippen LogP contribution in [0.15, 0.2) is 54.6 Å². The highest BCUT2D eigenvalue weighted by Gasteiger charge is 2.21. The van der Waals surface area contributed by atoms with Crippen LogP contribution in [0.1, 0.15) is 37.6 Å². The van der Waals surface area contributed by atoms with Gasteiger partial charge in [0.15, 0.2) is 0 Å². The minimum atomic E-state index is -0.445. The minimum Gasteiger partial charge on any atom is -0.457 e. The van der Waals surface area contributed by atoms with Crippen LogP contribution in [0.2, 0.25) is 0 Å². The van der Waals surface area contributed by atoms with Crippen LogP contribution in [0, 0.1) is 5.41 Å². The quantitative estimate of drug-likeness (QED) is 0.843. The highest BCUT2D eigenvalue weighted by Crippen LogP contribution is 2.22. The van der Waals surface area contributed by atoms with Crippen molar-refractivity contribution in [3.63, 3.8) is 0 Å². The number of hydrogen-bond acceptors (Lipinski definition) is 3. The molecule has 0 spiro atoms. The number of aliphatic hydroxyl groups is 1. The summed E-state index contributed by atoms with van der Waals surface area (Å²) in [7, 11) is 0. The molecule has 0 aliphatic carbocycles. The zero-order chi connectivity index (χ0) is 17.6. The molecule has 0 aliphatic heterocycles. The van der Waals surface area contributed by atoms with Gasteiger partial charge in [-0.05, 0) is 48.2 Å². The van der Waals surface area contributed by atoms with Crippen LogP contribution in [0.4, 0.5) is 0 Å². The van der Waals surface area contributed by atoms with Crippen LogP contribution in [-0.2, 0) is 0 Å². The van der Waals surface area contributed by atoms with Gasteiger partial charge in [0.05, 0.1) is 6.10 Å². The van der Waals surface area contributed by atoms with Crippen molar-refractivity contribution in [3.8, 4) is 11.5 Å². The van der Waals surface area contributed by atoms with Crippen molar-refractivity contribution in [1.82, 2.24) is 5.32 Å². The van der Waals surface area contributed by atoms with Crippen LogP contribution in [0.3, 0.4) is 0 Å². The largest absolute Gasteiger partial charge is 0.457 e. The van der Waals surface area contributed by atoms with Crippen molar-refractivity contribution in [2.75, 3.05) is 6.54 Å². The second kappa shape index (κ2) is 7.97. The van der Waals surface area contributed by atoms with Crippen LogP contribution < -0.4 is 10.1 Å². The Hall–Kier alpha value is -2.33. The van der Waals surface area contributed by atoms with Crippen molar-refractivity contribution >= 4 is 5.91 Å². The number of aliphatic hydroxyl groups excluding tert-OH is 1. The van der Waals surface area contributed by atoms with Crippen LogP contribution >= 0.6 is 0 Å². The molecule has 2 aromatic rings. The smallest absolute Gasteiger partial charge is 0.251 e. The van der Waals surface area contributed by atoms with Crippen molar-refractivity contribution in [3.05, 3.63) is 60.2 Å². The normalized spacial score (nSPS) is 12.5. The first-order valence-corrected chi connectivity index (χ1v) is 8.15. The number of nitrogens with one attached hydrogen (secondary N) is 1. The zero-order valence-electron chi connectivity index (χ0n) is 14.5. The molecule has 0 aliphatic rings. The Labute approximate surface area is 143 Å². The molecule has 1 amide bonds. The number of amides is 1. The summed E-state index contributed by atoms with van der Waals surface area (Å²) in [5.41, 5.74) is 0.391. The lowest BCUT2D eigenvalue weighted by molar-refractivity contribution is 0.0551. The van der Waals surface area contributed by atoms with Crippen LogP contribution in [-0.4, -0.2) is 23.7 Å². The molecule has 0 heterocycles. The second-order valence-electron chi connectivity index (χ2n) is 6.87. The van der Waals surface area contributed by atoms with Gasteiger partial charge < -0.3 is 15.2 Å². The van der Waals surface area contributed by atoms with E-state index in [1.54, 1.807) is 24.3 Å². The number of hydrogen-bond donors (Lipinski definition) is 2. The lowest BCUT2D eigenvalue weighted by Crippen LogP contribution is -2.32. The number of ether oxygens (including phenoxy) is 1. The van der Waals surface area contributed by atoms with E-state index in [4.69, 9.17) is 4.74 Å². The summed E-state index contributed by atoms with van der Waals surface area (Å²) in [6.45, 7) is 6.38. The molecule has 2 aromatic carbocycles. The molecule has 24 heavy (non-hydrogen) atoms. The Morgan fingerprint density at radius 1 is 1.04 bits per heavy atom. The summed E-state index contributed by atoms with van der Waals surface area (Å²) in [5, 5.41) is 12.8. The first-order valence-electron chi connectivity index (χ1n) is 8.15. The summed E-state index contributed by atoms with van der Waals surface area (Å²) in [6.07, 6.45) is 0.0872. The maximum atomic E-state index is 12.1. The molecule has 2 N–H and O–H groups in total. The van der Waals surface area contributed by atoms with E-state index in [1.807, 2.05) is 51.1 Å². The van der Waals surface area contributed by atoms with Gasteiger partial charge in [-0.25, -0.2) is 0 Å². The molecule has 0 radical (unpaired) electrons. The molecule has 1 unspecified atom stereocenters. The first-order chi connectivity index (χ1) is 11.4. The Morgan fingerprint density at radius 2 is 1.62 bits per heavy atom. The highest BCUT2D eigenvalue weighted by molar-refractivity contribution is 5.94. The summed E-state index contributed by atoms with van der Waals surface area (Å²) in [5.74, 6) is 1.29. The van der Waals surface area contributed by atoms with Gasteiger partial charge in [0.25, 0.3) is 5.91 Å². The third-order valence-corrected chi connectivity index (χ3v) is 3.80. The van der Waals surface area contributed by atoms with Crippen LogP contribution in [0.5, 0.6) is 11.5 Å². The summed E-state index contributed by atoms with van der Waals surface area (Å²) in [4.78, 5) is 12.1. The topological polar surface area (TPSA) is 58.6 Å². The van der Waals surface area contributed by atoms with E-state index < -0.39 is 6.10 Å². The summed E-state index contributed by atoms with van der Waals surface area (Å²) >= 11 is 0. The van der Waals surface area contributed by atoms with E-state index in [0.717, 1.165) is 5.75 Å². The van der Waals surface area contributed by atoms with Crippen molar-refractivity contribution in [2.24, 2.45) is 5.41 Å². The zero-order valence-corrected chi connectivity index (χ0v) is 14.5. The first kappa shape index (κ1) is 18.0. The van der Waals surface area contributed by atoms with Gasteiger partial charge in [0, 0.05) is 12.1 Å². The lowest BCUT2D eigenvalue weighted by Gasteiger charge is -2.25. The molecule has 0 saturated carbocycles. The average Bonchev–Trinajstić information content (AvgIpc) is 2.55. The predicted octanol–water partition coefficient (Wildman–Crippen LogP) is 4.01. The maximum Gasteiger partial charge on any atom is 0.251 e. The average molecular weight is 327 g/mol. The lowest BCUT2D eigenvalue weighted by atomic mass is 9.87. The third kappa shape index (κ3) is 5.39. The molecule has 1 atom stereocenters.